The molecule has 0 bridgehead atoms. The maximum Gasteiger partial charge on any atom is 0.195 e. The van der Waals surface area contributed by atoms with Crippen LogP contribution in [-0.2, 0) is 9.47 Å². The van der Waals surface area contributed by atoms with Gasteiger partial charge < -0.3 is 9.47 Å². The highest BCUT2D eigenvalue weighted by Crippen LogP contribution is 2.02. The van der Waals surface area contributed by atoms with Gasteiger partial charge in [0.1, 0.15) is 0 Å². The molecule has 0 saturated heterocycles. The molecule has 0 aliphatic heterocycles. The van der Waals surface area contributed by atoms with Crippen LogP contribution in [0.5, 0.6) is 0 Å². The Labute approximate surface area is 78.8 Å². The second kappa shape index (κ2) is 5.38. The third kappa shape index (κ3) is 3.76. The second-order valence-electron chi connectivity index (χ2n) is 2.65. The topological polar surface area (TPSA) is 18.5 Å². The molecule has 2 nitrogen and oxygen atoms in total. The molecule has 0 amide bonds. The predicted molar refractivity (Wildman–Crippen MR) is 53.0 cm³/mol. The molecule has 0 fully saturated rings. The fourth-order valence-electron chi connectivity index (χ4n) is 0.848. The Bertz CT molecular complexity index is 254. The monoisotopic (exact) mass is 178 g/mol. The van der Waals surface area contributed by atoms with Crippen LogP contribution >= 0.6 is 0 Å². The molecule has 1 aromatic rings. The zero-order chi connectivity index (χ0) is 9.52. The van der Waals surface area contributed by atoms with Crippen molar-refractivity contribution in [2.45, 2.75) is 13.2 Å². The van der Waals surface area contributed by atoms with Crippen LogP contribution in [0.2, 0.25) is 0 Å². The maximum atomic E-state index is 5.19. The van der Waals surface area contributed by atoms with Crippen molar-refractivity contribution >= 4 is 6.08 Å². The minimum absolute atomic E-state index is 0.194. The summed E-state index contributed by atoms with van der Waals surface area (Å²) >= 11 is 0. The van der Waals surface area contributed by atoms with E-state index in [2.05, 4.69) is 0 Å². The Hall–Kier alpha value is -1.28. The first-order chi connectivity index (χ1) is 6.33. The Kier molecular flexibility index (Phi) is 4.06. The molecule has 0 aliphatic rings. The number of ether oxygens (including phenoxy) is 2. The molecule has 2 heteroatoms. The van der Waals surface area contributed by atoms with E-state index in [9.17, 15) is 0 Å². The van der Waals surface area contributed by atoms with Crippen molar-refractivity contribution in [3.8, 4) is 0 Å². The van der Waals surface area contributed by atoms with E-state index in [0.717, 1.165) is 5.56 Å². The van der Waals surface area contributed by atoms with Crippen molar-refractivity contribution in [1.29, 1.82) is 0 Å². The van der Waals surface area contributed by atoms with E-state index in [1.165, 1.54) is 0 Å². The first-order valence-corrected chi connectivity index (χ1v) is 4.23. The van der Waals surface area contributed by atoms with Crippen LogP contribution in [0.3, 0.4) is 0 Å². The summed E-state index contributed by atoms with van der Waals surface area (Å²) in [5.74, 6) is 0. The van der Waals surface area contributed by atoms with Crippen LogP contribution in [0.25, 0.3) is 6.08 Å². The van der Waals surface area contributed by atoms with Gasteiger partial charge in [-0.25, -0.2) is 0 Å². The summed E-state index contributed by atoms with van der Waals surface area (Å²) in [7, 11) is 1.61. The predicted octanol–water partition coefficient (Wildman–Crippen LogP) is 2.67. The van der Waals surface area contributed by atoms with E-state index in [-0.39, 0.29) is 6.29 Å². The minimum Gasteiger partial charge on any atom is -0.473 e. The van der Waals surface area contributed by atoms with Gasteiger partial charge in [-0.3, -0.25) is 0 Å². The van der Waals surface area contributed by atoms with E-state index < -0.39 is 0 Å². The summed E-state index contributed by atoms with van der Waals surface area (Å²) in [6.07, 6.45) is 3.35. The number of hydrogen-bond acceptors (Lipinski definition) is 2. The summed E-state index contributed by atoms with van der Waals surface area (Å²) in [6.45, 7) is 1.84. The van der Waals surface area contributed by atoms with Gasteiger partial charge in [-0.15, -0.1) is 0 Å². The van der Waals surface area contributed by atoms with E-state index in [1.807, 2.05) is 43.3 Å². The second-order valence-corrected chi connectivity index (χ2v) is 2.65. The van der Waals surface area contributed by atoms with Crippen LogP contribution in [0, 0.1) is 0 Å². The van der Waals surface area contributed by atoms with Gasteiger partial charge in [-0.05, 0) is 18.6 Å². The van der Waals surface area contributed by atoms with Crippen molar-refractivity contribution in [2.75, 3.05) is 7.11 Å². The highest BCUT2D eigenvalue weighted by molar-refractivity contribution is 5.47. The van der Waals surface area contributed by atoms with E-state index in [0.29, 0.717) is 0 Å². The van der Waals surface area contributed by atoms with Crippen molar-refractivity contribution in [3.05, 3.63) is 42.2 Å². The summed E-state index contributed by atoms with van der Waals surface area (Å²) in [6, 6.07) is 9.98. The first kappa shape index (κ1) is 9.81. The van der Waals surface area contributed by atoms with Crippen molar-refractivity contribution in [2.24, 2.45) is 0 Å². The molecule has 13 heavy (non-hydrogen) atoms. The van der Waals surface area contributed by atoms with E-state index >= 15 is 0 Å². The van der Waals surface area contributed by atoms with Gasteiger partial charge in [-0.1, -0.05) is 30.3 Å². The molecule has 0 saturated carbocycles. The van der Waals surface area contributed by atoms with Gasteiger partial charge in [0.15, 0.2) is 6.29 Å². The van der Waals surface area contributed by atoms with Gasteiger partial charge in [0.05, 0.1) is 6.26 Å². The van der Waals surface area contributed by atoms with E-state index in [4.69, 9.17) is 9.47 Å². The molecule has 0 N–H and O–H groups in total. The molecule has 0 spiro atoms. The van der Waals surface area contributed by atoms with Crippen molar-refractivity contribution in [1.82, 2.24) is 0 Å². The molecular formula is C11H14O2. The lowest BCUT2D eigenvalue weighted by atomic mass is 10.2. The molecule has 1 unspecified atom stereocenters. The van der Waals surface area contributed by atoms with Crippen molar-refractivity contribution in [3.63, 3.8) is 0 Å². The zero-order valence-electron chi connectivity index (χ0n) is 7.94. The maximum absolute atomic E-state index is 5.19. The fourth-order valence-corrected chi connectivity index (χ4v) is 0.848. The SMILES string of the molecule is COC(C)OC=Cc1ccccc1. The lowest BCUT2D eigenvalue weighted by Crippen LogP contribution is -2.05. The van der Waals surface area contributed by atoms with Crippen LogP contribution in [0.4, 0.5) is 0 Å². The summed E-state index contributed by atoms with van der Waals surface area (Å²) in [5.41, 5.74) is 1.12. The summed E-state index contributed by atoms with van der Waals surface area (Å²) in [4.78, 5) is 0. The van der Waals surface area contributed by atoms with Gasteiger partial charge in [-0.2, -0.15) is 0 Å². The van der Waals surface area contributed by atoms with Crippen LogP contribution < -0.4 is 0 Å². The lowest BCUT2D eigenvalue weighted by Gasteiger charge is -2.07. The Morgan fingerprint density at radius 1 is 1.23 bits per heavy atom. The Balaban J connectivity index is 2.41. The minimum atomic E-state index is -0.194. The van der Waals surface area contributed by atoms with Crippen LogP contribution in [0.1, 0.15) is 12.5 Å². The molecule has 1 atom stereocenters. The Morgan fingerprint density at radius 2 is 1.92 bits per heavy atom. The molecule has 1 aromatic carbocycles. The Morgan fingerprint density at radius 3 is 2.54 bits per heavy atom. The van der Waals surface area contributed by atoms with Crippen molar-refractivity contribution < 1.29 is 9.47 Å². The number of benzene rings is 1. The summed E-state index contributed by atoms with van der Waals surface area (Å²) < 4.78 is 10.1. The van der Waals surface area contributed by atoms with Gasteiger partial charge in [0.25, 0.3) is 0 Å². The van der Waals surface area contributed by atoms with E-state index in [1.54, 1.807) is 13.4 Å². The molecule has 0 radical (unpaired) electrons. The average molecular weight is 178 g/mol. The molecule has 70 valence electrons. The van der Waals surface area contributed by atoms with Crippen LogP contribution in [0.15, 0.2) is 36.6 Å². The van der Waals surface area contributed by atoms with Gasteiger partial charge in [0.2, 0.25) is 0 Å². The largest absolute Gasteiger partial charge is 0.473 e. The molecular weight excluding hydrogens is 164 g/mol. The number of hydrogen-bond donors (Lipinski definition) is 0. The fraction of sp³-hybridized carbons (Fsp3) is 0.273. The lowest BCUT2D eigenvalue weighted by molar-refractivity contribution is -0.0670. The normalized spacial score (nSPS) is 13.1. The van der Waals surface area contributed by atoms with Gasteiger partial charge >= 0.3 is 0 Å². The number of rotatable bonds is 4. The third-order valence-corrected chi connectivity index (χ3v) is 1.66. The smallest absolute Gasteiger partial charge is 0.195 e. The summed E-state index contributed by atoms with van der Waals surface area (Å²) in [5, 5.41) is 0. The van der Waals surface area contributed by atoms with Crippen LogP contribution in [-0.4, -0.2) is 13.4 Å². The average Bonchev–Trinajstić information content (AvgIpc) is 2.19. The highest BCUT2D eigenvalue weighted by atomic mass is 16.7. The first-order valence-electron chi connectivity index (χ1n) is 4.23. The standard InChI is InChI=1S/C11H14O2/c1-10(12-2)13-9-8-11-6-4-3-5-7-11/h3-10H,1-2H3. The quantitative estimate of drug-likeness (QED) is 0.521. The molecule has 0 heterocycles. The number of methoxy groups -OCH3 is 1. The molecule has 0 aliphatic carbocycles. The zero-order valence-corrected chi connectivity index (χ0v) is 7.94. The third-order valence-electron chi connectivity index (χ3n) is 1.66. The molecule has 0 aromatic heterocycles. The highest BCUT2D eigenvalue weighted by Gasteiger charge is 1.92. The molecule has 1 rings (SSSR count). The van der Waals surface area contributed by atoms with Gasteiger partial charge in [0, 0.05) is 7.11 Å².